The molecular weight excluding hydrogens is 270 g/mol. The molecule has 0 bridgehead atoms. The van der Waals surface area contributed by atoms with Crippen molar-refractivity contribution in [3.05, 3.63) is 47.1 Å². The van der Waals surface area contributed by atoms with Crippen LogP contribution in [0.25, 0.3) is 10.2 Å². The van der Waals surface area contributed by atoms with Gasteiger partial charge < -0.3 is 10.1 Å². The van der Waals surface area contributed by atoms with Crippen LogP contribution < -0.4 is 10.1 Å². The summed E-state index contributed by atoms with van der Waals surface area (Å²) in [5.41, 5.74) is 1.11. The summed E-state index contributed by atoms with van der Waals surface area (Å²) in [7, 11) is 1.87. The van der Waals surface area contributed by atoms with E-state index in [0.29, 0.717) is 12.4 Å². The number of hydrogen-bond acceptors (Lipinski definition) is 5. The zero-order valence-corrected chi connectivity index (χ0v) is 12.2. The molecule has 0 aliphatic carbocycles. The van der Waals surface area contributed by atoms with E-state index in [0.717, 1.165) is 27.3 Å². The minimum absolute atomic E-state index is 0.368. The van der Waals surface area contributed by atoms with E-state index < -0.39 is 0 Å². The fourth-order valence-electron chi connectivity index (χ4n) is 2.02. The van der Waals surface area contributed by atoms with Gasteiger partial charge in [0.25, 0.3) is 0 Å². The third kappa shape index (κ3) is 2.44. The number of para-hydroxylation sites is 1. The number of ether oxygens (including phenoxy) is 1. The van der Waals surface area contributed by atoms with E-state index in [2.05, 4.69) is 15.3 Å². The van der Waals surface area contributed by atoms with Gasteiger partial charge in [-0.05, 0) is 30.0 Å². The standard InChI is InChI=1S/C15H15N3OS/c1-10-5-3-4-6-12(10)19-9-13-17-14(16-2)11-7-8-20-15(11)18-13/h3-8H,9H2,1-2H3,(H,16,17,18). The fraction of sp³-hybridized carbons (Fsp3) is 0.200. The molecule has 1 aromatic carbocycles. The highest BCUT2D eigenvalue weighted by atomic mass is 32.1. The van der Waals surface area contributed by atoms with Gasteiger partial charge in [0.2, 0.25) is 0 Å². The molecule has 0 atom stereocenters. The van der Waals surface area contributed by atoms with E-state index in [1.807, 2.05) is 49.7 Å². The summed E-state index contributed by atoms with van der Waals surface area (Å²) in [6, 6.07) is 9.97. The van der Waals surface area contributed by atoms with Crippen molar-refractivity contribution in [1.29, 1.82) is 0 Å². The number of rotatable bonds is 4. The lowest BCUT2D eigenvalue weighted by atomic mass is 10.2. The summed E-state index contributed by atoms with van der Waals surface area (Å²) in [5, 5.41) is 6.18. The Balaban J connectivity index is 1.86. The number of nitrogens with one attached hydrogen (secondary N) is 1. The van der Waals surface area contributed by atoms with Crippen molar-refractivity contribution in [3.63, 3.8) is 0 Å². The number of anilines is 1. The topological polar surface area (TPSA) is 47.0 Å². The number of aryl methyl sites for hydroxylation is 1. The molecule has 3 rings (SSSR count). The lowest BCUT2D eigenvalue weighted by molar-refractivity contribution is 0.294. The Hall–Kier alpha value is -2.14. The number of benzene rings is 1. The minimum atomic E-state index is 0.368. The molecule has 0 fully saturated rings. The lowest BCUT2D eigenvalue weighted by Gasteiger charge is -2.09. The maximum atomic E-state index is 5.80. The third-order valence-corrected chi connectivity index (χ3v) is 3.87. The van der Waals surface area contributed by atoms with Crippen molar-refractivity contribution in [2.45, 2.75) is 13.5 Å². The largest absolute Gasteiger partial charge is 0.485 e. The Morgan fingerprint density at radius 1 is 1.20 bits per heavy atom. The first-order chi connectivity index (χ1) is 9.78. The van der Waals surface area contributed by atoms with Gasteiger partial charge in [-0.1, -0.05) is 18.2 Å². The molecule has 0 spiro atoms. The van der Waals surface area contributed by atoms with Crippen molar-refractivity contribution >= 4 is 27.4 Å². The second-order valence-corrected chi connectivity index (χ2v) is 5.33. The van der Waals surface area contributed by atoms with Crippen LogP contribution in [0.4, 0.5) is 5.82 Å². The molecule has 0 aliphatic heterocycles. The number of nitrogens with zero attached hydrogens (tertiary/aromatic N) is 2. The lowest BCUT2D eigenvalue weighted by Crippen LogP contribution is -2.04. The van der Waals surface area contributed by atoms with Crippen LogP contribution in [0.1, 0.15) is 11.4 Å². The molecule has 1 N–H and O–H groups in total. The maximum Gasteiger partial charge on any atom is 0.169 e. The van der Waals surface area contributed by atoms with Crippen molar-refractivity contribution in [3.8, 4) is 5.75 Å². The van der Waals surface area contributed by atoms with Crippen molar-refractivity contribution in [2.24, 2.45) is 0 Å². The van der Waals surface area contributed by atoms with Crippen LogP contribution in [-0.2, 0) is 6.61 Å². The molecule has 2 aromatic heterocycles. The van der Waals surface area contributed by atoms with Crippen LogP contribution in [-0.4, -0.2) is 17.0 Å². The van der Waals surface area contributed by atoms with Crippen molar-refractivity contribution < 1.29 is 4.74 Å². The summed E-state index contributed by atoms with van der Waals surface area (Å²) in [6.45, 7) is 2.39. The maximum absolute atomic E-state index is 5.80. The number of thiophene rings is 1. The van der Waals surface area contributed by atoms with Gasteiger partial charge in [0.1, 0.15) is 23.0 Å². The van der Waals surface area contributed by atoms with E-state index in [4.69, 9.17) is 4.74 Å². The quantitative estimate of drug-likeness (QED) is 0.795. The number of aromatic nitrogens is 2. The number of fused-ring (bicyclic) bond motifs is 1. The van der Waals surface area contributed by atoms with E-state index in [-0.39, 0.29) is 0 Å². The highest BCUT2D eigenvalue weighted by Crippen LogP contribution is 2.25. The van der Waals surface area contributed by atoms with E-state index >= 15 is 0 Å². The summed E-state index contributed by atoms with van der Waals surface area (Å²) in [6.07, 6.45) is 0. The van der Waals surface area contributed by atoms with E-state index in [1.54, 1.807) is 11.3 Å². The van der Waals surface area contributed by atoms with Crippen LogP contribution in [0.3, 0.4) is 0 Å². The average Bonchev–Trinajstić information content (AvgIpc) is 2.94. The van der Waals surface area contributed by atoms with Crippen molar-refractivity contribution in [1.82, 2.24) is 9.97 Å². The number of hydrogen-bond donors (Lipinski definition) is 1. The summed E-state index contributed by atoms with van der Waals surface area (Å²) in [5.74, 6) is 2.40. The first-order valence-corrected chi connectivity index (χ1v) is 7.26. The van der Waals surface area contributed by atoms with Crippen LogP contribution in [0, 0.1) is 6.92 Å². The molecule has 0 saturated heterocycles. The van der Waals surface area contributed by atoms with Crippen LogP contribution >= 0.6 is 11.3 Å². The first kappa shape index (κ1) is 12.9. The fourth-order valence-corrected chi connectivity index (χ4v) is 2.80. The Morgan fingerprint density at radius 3 is 2.85 bits per heavy atom. The molecule has 0 radical (unpaired) electrons. The molecule has 4 nitrogen and oxygen atoms in total. The average molecular weight is 285 g/mol. The van der Waals surface area contributed by atoms with Crippen LogP contribution in [0.2, 0.25) is 0 Å². The molecule has 0 amide bonds. The molecule has 20 heavy (non-hydrogen) atoms. The van der Waals surface area contributed by atoms with Gasteiger partial charge in [-0.15, -0.1) is 11.3 Å². The van der Waals surface area contributed by atoms with Crippen LogP contribution in [0.5, 0.6) is 5.75 Å². The first-order valence-electron chi connectivity index (χ1n) is 6.38. The molecule has 2 heterocycles. The summed E-state index contributed by atoms with van der Waals surface area (Å²) >= 11 is 1.61. The van der Waals surface area contributed by atoms with Gasteiger partial charge in [-0.2, -0.15) is 0 Å². The van der Waals surface area contributed by atoms with Gasteiger partial charge in [0.05, 0.1) is 5.39 Å². The smallest absolute Gasteiger partial charge is 0.169 e. The Kier molecular flexibility index (Phi) is 3.52. The Bertz CT molecular complexity index is 739. The molecule has 102 valence electrons. The van der Waals surface area contributed by atoms with Gasteiger partial charge >= 0.3 is 0 Å². The SMILES string of the molecule is CNc1nc(COc2ccccc2C)nc2sccc12. The van der Waals surface area contributed by atoms with Crippen molar-refractivity contribution in [2.75, 3.05) is 12.4 Å². The predicted octanol–water partition coefficient (Wildman–Crippen LogP) is 3.62. The summed E-state index contributed by atoms with van der Waals surface area (Å²) in [4.78, 5) is 10.0. The summed E-state index contributed by atoms with van der Waals surface area (Å²) < 4.78 is 5.80. The van der Waals surface area contributed by atoms with Gasteiger partial charge in [0, 0.05) is 7.05 Å². The predicted molar refractivity (Wildman–Crippen MR) is 82.5 cm³/mol. The zero-order chi connectivity index (χ0) is 13.9. The Labute approximate surface area is 121 Å². The second-order valence-electron chi connectivity index (χ2n) is 4.43. The molecule has 3 aromatic rings. The molecule has 5 heteroatoms. The van der Waals surface area contributed by atoms with Gasteiger partial charge in [-0.25, -0.2) is 9.97 Å². The van der Waals surface area contributed by atoms with E-state index in [9.17, 15) is 0 Å². The molecule has 0 unspecified atom stereocenters. The van der Waals surface area contributed by atoms with Gasteiger partial charge in [0.15, 0.2) is 5.82 Å². The minimum Gasteiger partial charge on any atom is -0.485 e. The third-order valence-electron chi connectivity index (χ3n) is 3.06. The highest BCUT2D eigenvalue weighted by Gasteiger charge is 2.08. The van der Waals surface area contributed by atoms with E-state index in [1.165, 1.54) is 0 Å². The second kappa shape index (κ2) is 5.46. The van der Waals surface area contributed by atoms with Crippen LogP contribution in [0.15, 0.2) is 35.7 Å². The highest BCUT2D eigenvalue weighted by molar-refractivity contribution is 7.16. The molecule has 0 saturated carbocycles. The molecule has 0 aliphatic rings. The Morgan fingerprint density at radius 2 is 2.05 bits per heavy atom. The van der Waals surface area contributed by atoms with Gasteiger partial charge in [-0.3, -0.25) is 0 Å². The molecular formula is C15H15N3OS. The monoisotopic (exact) mass is 285 g/mol. The zero-order valence-electron chi connectivity index (χ0n) is 11.4. The normalized spacial score (nSPS) is 10.7.